The Hall–Kier alpha value is -1.44. The Morgan fingerprint density at radius 3 is 3.31 bits per heavy atom. The molecule has 84 valence electrons. The van der Waals surface area contributed by atoms with Gasteiger partial charge in [-0.1, -0.05) is 0 Å². The first-order valence-electron chi connectivity index (χ1n) is 5.52. The summed E-state index contributed by atoms with van der Waals surface area (Å²) in [5, 5.41) is 12.0. The SMILES string of the molecule is N#Cc1cc(COCC2CCNC2)ccn1. The second kappa shape index (κ2) is 5.59. The molecule has 1 saturated heterocycles. The van der Waals surface area contributed by atoms with Crippen LogP contribution in [0.2, 0.25) is 0 Å². The minimum atomic E-state index is 0.448. The van der Waals surface area contributed by atoms with Crippen LogP contribution in [0, 0.1) is 17.2 Å². The van der Waals surface area contributed by atoms with Crippen LogP contribution in [0.3, 0.4) is 0 Å². The van der Waals surface area contributed by atoms with Crippen LogP contribution in [-0.2, 0) is 11.3 Å². The first-order chi connectivity index (χ1) is 7.88. The largest absolute Gasteiger partial charge is 0.376 e. The van der Waals surface area contributed by atoms with Gasteiger partial charge in [-0.2, -0.15) is 5.26 Å². The van der Waals surface area contributed by atoms with Gasteiger partial charge in [-0.05, 0) is 36.6 Å². The number of nitrogens with one attached hydrogen (secondary N) is 1. The van der Waals surface area contributed by atoms with Crippen molar-refractivity contribution in [1.82, 2.24) is 10.3 Å². The number of hydrogen-bond donors (Lipinski definition) is 1. The van der Waals surface area contributed by atoms with Crippen molar-refractivity contribution in [3.63, 3.8) is 0 Å². The van der Waals surface area contributed by atoms with Crippen molar-refractivity contribution >= 4 is 0 Å². The van der Waals surface area contributed by atoms with E-state index in [0.717, 1.165) is 25.3 Å². The smallest absolute Gasteiger partial charge is 0.140 e. The number of pyridine rings is 1. The zero-order valence-corrected chi connectivity index (χ0v) is 9.15. The number of aromatic nitrogens is 1. The van der Waals surface area contributed by atoms with Crippen LogP contribution < -0.4 is 5.32 Å². The van der Waals surface area contributed by atoms with Crippen molar-refractivity contribution in [2.45, 2.75) is 13.0 Å². The van der Waals surface area contributed by atoms with Gasteiger partial charge < -0.3 is 10.1 Å². The standard InChI is InChI=1S/C12H15N3O/c13-6-12-5-10(2-4-15-12)8-16-9-11-1-3-14-7-11/h2,4-5,11,14H,1,3,7-9H2. The quantitative estimate of drug-likeness (QED) is 0.820. The highest BCUT2D eigenvalue weighted by Crippen LogP contribution is 2.09. The van der Waals surface area contributed by atoms with Crippen LogP contribution in [0.4, 0.5) is 0 Å². The van der Waals surface area contributed by atoms with E-state index in [1.165, 1.54) is 6.42 Å². The second-order valence-corrected chi connectivity index (χ2v) is 4.04. The molecule has 1 aromatic rings. The van der Waals surface area contributed by atoms with Gasteiger partial charge in [-0.3, -0.25) is 0 Å². The molecule has 1 aliphatic rings. The Balaban J connectivity index is 1.78. The maximum atomic E-state index is 8.70. The normalized spacial score (nSPS) is 19.6. The molecule has 1 fully saturated rings. The molecule has 0 saturated carbocycles. The molecule has 0 amide bonds. The van der Waals surface area contributed by atoms with Crippen LogP contribution in [0.5, 0.6) is 0 Å². The monoisotopic (exact) mass is 217 g/mol. The summed E-state index contributed by atoms with van der Waals surface area (Å²) >= 11 is 0. The molecular weight excluding hydrogens is 202 g/mol. The van der Waals surface area contributed by atoms with Crippen LogP contribution in [-0.4, -0.2) is 24.7 Å². The molecule has 0 aromatic carbocycles. The Bertz CT molecular complexity index is 380. The molecule has 1 aliphatic heterocycles. The minimum Gasteiger partial charge on any atom is -0.376 e. The lowest BCUT2D eigenvalue weighted by molar-refractivity contribution is 0.0924. The molecule has 4 heteroatoms. The maximum Gasteiger partial charge on any atom is 0.140 e. The highest BCUT2D eigenvalue weighted by atomic mass is 16.5. The van der Waals surface area contributed by atoms with Crippen molar-refractivity contribution in [2.75, 3.05) is 19.7 Å². The molecular formula is C12H15N3O. The van der Waals surface area contributed by atoms with E-state index >= 15 is 0 Å². The van der Waals surface area contributed by atoms with Gasteiger partial charge in [0.05, 0.1) is 13.2 Å². The summed E-state index contributed by atoms with van der Waals surface area (Å²) in [5.74, 6) is 0.636. The molecule has 2 rings (SSSR count). The average Bonchev–Trinajstić information content (AvgIpc) is 2.82. The lowest BCUT2D eigenvalue weighted by Gasteiger charge is -2.09. The van der Waals surface area contributed by atoms with Gasteiger partial charge in [0.1, 0.15) is 11.8 Å². The molecule has 0 aliphatic carbocycles. The van der Waals surface area contributed by atoms with Crippen LogP contribution in [0.1, 0.15) is 17.7 Å². The van der Waals surface area contributed by atoms with Gasteiger partial charge in [-0.25, -0.2) is 4.98 Å². The molecule has 0 radical (unpaired) electrons. The summed E-state index contributed by atoms with van der Waals surface area (Å²) in [6, 6.07) is 5.68. The van der Waals surface area contributed by atoms with E-state index in [2.05, 4.69) is 10.3 Å². The van der Waals surface area contributed by atoms with E-state index in [1.807, 2.05) is 12.1 Å². The number of hydrogen-bond acceptors (Lipinski definition) is 4. The van der Waals surface area contributed by atoms with E-state index < -0.39 is 0 Å². The van der Waals surface area contributed by atoms with E-state index in [0.29, 0.717) is 18.2 Å². The molecule has 1 N–H and O–H groups in total. The fourth-order valence-corrected chi connectivity index (χ4v) is 1.83. The summed E-state index contributed by atoms with van der Waals surface area (Å²) < 4.78 is 5.63. The second-order valence-electron chi connectivity index (χ2n) is 4.04. The first-order valence-corrected chi connectivity index (χ1v) is 5.52. The van der Waals surface area contributed by atoms with Gasteiger partial charge >= 0.3 is 0 Å². The Labute approximate surface area is 95.3 Å². The van der Waals surface area contributed by atoms with Crippen molar-refractivity contribution < 1.29 is 4.74 Å². The summed E-state index contributed by atoms with van der Waals surface area (Å²) in [4.78, 5) is 3.92. The molecule has 0 bridgehead atoms. The topological polar surface area (TPSA) is 57.9 Å². The lowest BCUT2D eigenvalue weighted by Crippen LogP contribution is -2.13. The molecule has 2 heterocycles. The summed E-state index contributed by atoms with van der Waals surface area (Å²) in [6.45, 7) is 3.51. The number of nitrogens with zero attached hydrogens (tertiary/aromatic N) is 2. The highest BCUT2D eigenvalue weighted by molar-refractivity contribution is 5.24. The maximum absolute atomic E-state index is 8.70. The molecule has 1 atom stereocenters. The van der Waals surface area contributed by atoms with Crippen molar-refractivity contribution in [2.24, 2.45) is 5.92 Å². The highest BCUT2D eigenvalue weighted by Gasteiger charge is 2.13. The van der Waals surface area contributed by atoms with Crippen molar-refractivity contribution in [1.29, 1.82) is 5.26 Å². The van der Waals surface area contributed by atoms with Crippen molar-refractivity contribution in [3.05, 3.63) is 29.6 Å². The third kappa shape index (κ3) is 3.02. The molecule has 0 spiro atoms. The minimum absolute atomic E-state index is 0.448. The Morgan fingerprint density at radius 1 is 1.62 bits per heavy atom. The average molecular weight is 217 g/mol. The van der Waals surface area contributed by atoms with Crippen LogP contribution in [0.15, 0.2) is 18.3 Å². The fraction of sp³-hybridized carbons (Fsp3) is 0.500. The van der Waals surface area contributed by atoms with Crippen LogP contribution in [0.25, 0.3) is 0 Å². The molecule has 1 unspecified atom stereocenters. The van der Waals surface area contributed by atoms with E-state index in [4.69, 9.17) is 10.00 Å². The van der Waals surface area contributed by atoms with E-state index in [9.17, 15) is 0 Å². The molecule has 16 heavy (non-hydrogen) atoms. The lowest BCUT2D eigenvalue weighted by atomic mass is 10.1. The molecule has 1 aromatic heterocycles. The Kier molecular flexibility index (Phi) is 3.86. The Morgan fingerprint density at radius 2 is 2.56 bits per heavy atom. The zero-order valence-electron chi connectivity index (χ0n) is 9.15. The number of ether oxygens (including phenoxy) is 1. The number of rotatable bonds is 4. The van der Waals surface area contributed by atoms with E-state index in [1.54, 1.807) is 12.3 Å². The summed E-state index contributed by atoms with van der Waals surface area (Å²) in [5.41, 5.74) is 1.46. The predicted molar refractivity (Wildman–Crippen MR) is 59.6 cm³/mol. The third-order valence-electron chi connectivity index (χ3n) is 2.72. The summed E-state index contributed by atoms with van der Waals surface area (Å²) in [6.07, 6.45) is 2.84. The third-order valence-corrected chi connectivity index (χ3v) is 2.72. The van der Waals surface area contributed by atoms with Crippen LogP contribution >= 0.6 is 0 Å². The van der Waals surface area contributed by atoms with Crippen molar-refractivity contribution in [3.8, 4) is 6.07 Å². The zero-order chi connectivity index (χ0) is 11.2. The van der Waals surface area contributed by atoms with Gasteiger partial charge in [0, 0.05) is 12.7 Å². The number of nitriles is 1. The predicted octanol–water partition coefficient (Wildman–Crippen LogP) is 1.08. The van der Waals surface area contributed by atoms with Gasteiger partial charge in [-0.15, -0.1) is 0 Å². The molecule has 4 nitrogen and oxygen atoms in total. The van der Waals surface area contributed by atoms with E-state index in [-0.39, 0.29) is 0 Å². The fourth-order valence-electron chi connectivity index (χ4n) is 1.83. The van der Waals surface area contributed by atoms with Gasteiger partial charge in [0.2, 0.25) is 0 Å². The van der Waals surface area contributed by atoms with Gasteiger partial charge in [0.15, 0.2) is 0 Å². The van der Waals surface area contributed by atoms with Gasteiger partial charge in [0.25, 0.3) is 0 Å². The summed E-state index contributed by atoms with van der Waals surface area (Å²) in [7, 11) is 0. The first kappa shape index (κ1) is 11.1.